The molecule has 1 rings (SSSR count). The van der Waals surface area contributed by atoms with Gasteiger partial charge >= 0.3 is 6.03 Å². The van der Waals surface area contributed by atoms with Gasteiger partial charge in [-0.25, -0.2) is 10.3 Å². The minimum atomic E-state index is -0.148. The van der Waals surface area contributed by atoms with Crippen LogP contribution in [0, 0.1) is 0 Å². The minimum Gasteiger partial charge on any atom is -0.295 e. The Kier molecular flexibility index (Phi) is 1.57. The van der Waals surface area contributed by atoms with Crippen LogP contribution in [0.15, 0.2) is 0 Å². The van der Waals surface area contributed by atoms with Gasteiger partial charge in [-0.3, -0.25) is 9.74 Å². The Balaban J connectivity index is 2.49. The van der Waals surface area contributed by atoms with Crippen molar-refractivity contribution in [2.24, 2.45) is 0 Å². The molecular weight excluding hydrogens is 120 g/mol. The van der Waals surface area contributed by atoms with Crippen LogP contribution >= 0.6 is 0 Å². The summed E-state index contributed by atoms with van der Waals surface area (Å²) in [6.45, 7) is 4.24. The van der Waals surface area contributed by atoms with Crippen molar-refractivity contribution in [2.45, 2.75) is 19.9 Å². The van der Waals surface area contributed by atoms with Gasteiger partial charge in [-0.05, 0) is 13.8 Å². The molecule has 0 aromatic heterocycles. The van der Waals surface area contributed by atoms with Crippen LogP contribution in [0.2, 0.25) is 0 Å². The summed E-state index contributed by atoms with van der Waals surface area (Å²) < 4.78 is 0. The standard InChI is InChI=1S/C5H10N2O2/c1-4(2)7-3-9-6-5(7)8/h4H,3H2,1-2H3,(H,6,8). The van der Waals surface area contributed by atoms with E-state index in [1.807, 2.05) is 13.8 Å². The predicted octanol–water partition coefficient (Wildman–Crippen LogP) is 0.309. The molecule has 1 saturated heterocycles. The molecule has 2 amide bonds. The van der Waals surface area contributed by atoms with Gasteiger partial charge in [-0.2, -0.15) is 0 Å². The molecule has 1 aliphatic heterocycles. The van der Waals surface area contributed by atoms with Crippen molar-refractivity contribution in [2.75, 3.05) is 6.73 Å². The molecule has 1 N–H and O–H groups in total. The second-order valence-corrected chi connectivity index (χ2v) is 2.24. The molecule has 0 aliphatic carbocycles. The van der Waals surface area contributed by atoms with Crippen LogP contribution in [-0.2, 0) is 4.84 Å². The van der Waals surface area contributed by atoms with E-state index >= 15 is 0 Å². The molecule has 0 spiro atoms. The van der Waals surface area contributed by atoms with Crippen LogP contribution in [0.5, 0.6) is 0 Å². The lowest BCUT2D eigenvalue weighted by Gasteiger charge is -2.15. The van der Waals surface area contributed by atoms with Crippen LogP contribution in [-0.4, -0.2) is 23.7 Å². The van der Waals surface area contributed by atoms with Gasteiger partial charge in [-0.1, -0.05) is 0 Å². The summed E-state index contributed by atoms with van der Waals surface area (Å²) in [7, 11) is 0. The third-order valence-electron chi connectivity index (χ3n) is 1.25. The van der Waals surface area contributed by atoms with E-state index in [2.05, 4.69) is 10.3 Å². The quantitative estimate of drug-likeness (QED) is 0.555. The lowest BCUT2D eigenvalue weighted by Crippen LogP contribution is -2.33. The molecule has 0 atom stereocenters. The third kappa shape index (κ3) is 1.13. The molecular formula is C5H10N2O2. The fourth-order valence-electron chi connectivity index (χ4n) is 0.664. The van der Waals surface area contributed by atoms with Crippen LogP contribution in [0.1, 0.15) is 13.8 Å². The number of carbonyl (C=O) groups is 1. The van der Waals surface area contributed by atoms with E-state index < -0.39 is 0 Å². The Morgan fingerprint density at radius 2 is 2.44 bits per heavy atom. The van der Waals surface area contributed by atoms with Gasteiger partial charge in [0.1, 0.15) is 0 Å². The minimum absolute atomic E-state index is 0.148. The molecule has 0 aromatic carbocycles. The van der Waals surface area contributed by atoms with Gasteiger partial charge in [0.15, 0.2) is 6.73 Å². The van der Waals surface area contributed by atoms with Crippen molar-refractivity contribution in [3.05, 3.63) is 0 Å². The second-order valence-electron chi connectivity index (χ2n) is 2.24. The molecule has 4 nitrogen and oxygen atoms in total. The summed E-state index contributed by atoms with van der Waals surface area (Å²) in [6, 6.07) is 0.0671. The molecule has 1 aliphatic rings. The van der Waals surface area contributed by atoms with Crippen molar-refractivity contribution in [3.63, 3.8) is 0 Å². The van der Waals surface area contributed by atoms with Crippen LogP contribution in [0.25, 0.3) is 0 Å². The SMILES string of the molecule is CC(C)N1CONC1=O. The Morgan fingerprint density at radius 1 is 1.78 bits per heavy atom. The molecule has 0 aromatic rings. The lowest BCUT2D eigenvalue weighted by molar-refractivity contribution is 0.0723. The predicted molar refractivity (Wildman–Crippen MR) is 31.5 cm³/mol. The van der Waals surface area contributed by atoms with Crippen molar-refractivity contribution < 1.29 is 9.63 Å². The highest BCUT2D eigenvalue weighted by Gasteiger charge is 2.22. The number of hydroxylamine groups is 1. The summed E-state index contributed by atoms with van der Waals surface area (Å²) in [6.07, 6.45) is 0. The molecule has 0 unspecified atom stereocenters. The summed E-state index contributed by atoms with van der Waals surface area (Å²) in [4.78, 5) is 17.0. The van der Waals surface area contributed by atoms with Gasteiger partial charge in [0.2, 0.25) is 0 Å². The number of nitrogens with zero attached hydrogens (tertiary/aromatic N) is 1. The number of hydrogen-bond acceptors (Lipinski definition) is 2. The third-order valence-corrected chi connectivity index (χ3v) is 1.25. The topological polar surface area (TPSA) is 41.6 Å². The monoisotopic (exact) mass is 130 g/mol. The van der Waals surface area contributed by atoms with Crippen molar-refractivity contribution >= 4 is 6.03 Å². The lowest BCUT2D eigenvalue weighted by atomic mass is 10.4. The number of carbonyl (C=O) groups excluding carboxylic acids is 1. The van der Waals surface area contributed by atoms with Crippen LogP contribution in [0.3, 0.4) is 0 Å². The van der Waals surface area contributed by atoms with E-state index in [4.69, 9.17) is 0 Å². The first kappa shape index (κ1) is 6.35. The van der Waals surface area contributed by atoms with Crippen molar-refractivity contribution in [1.82, 2.24) is 10.4 Å². The zero-order valence-electron chi connectivity index (χ0n) is 5.55. The molecule has 9 heavy (non-hydrogen) atoms. The van der Waals surface area contributed by atoms with Gasteiger partial charge in [-0.15, -0.1) is 0 Å². The molecule has 0 radical (unpaired) electrons. The summed E-state index contributed by atoms with van der Waals surface area (Å²) >= 11 is 0. The summed E-state index contributed by atoms with van der Waals surface area (Å²) in [5.74, 6) is 0. The first-order valence-corrected chi connectivity index (χ1v) is 2.90. The Morgan fingerprint density at radius 3 is 2.67 bits per heavy atom. The van der Waals surface area contributed by atoms with Crippen LogP contribution in [0.4, 0.5) is 4.79 Å². The maximum Gasteiger partial charge on any atom is 0.343 e. The van der Waals surface area contributed by atoms with Crippen molar-refractivity contribution in [1.29, 1.82) is 0 Å². The Labute approximate surface area is 53.7 Å². The molecule has 1 heterocycles. The molecule has 52 valence electrons. The average molecular weight is 130 g/mol. The van der Waals surface area contributed by atoms with Gasteiger partial charge in [0, 0.05) is 6.04 Å². The molecule has 0 bridgehead atoms. The van der Waals surface area contributed by atoms with E-state index in [9.17, 15) is 4.79 Å². The zero-order valence-corrected chi connectivity index (χ0v) is 5.55. The number of urea groups is 1. The molecule has 1 fully saturated rings. The number of hydrogen-bond donors (Lipinski definition) is 1. The number of nitrogens with one attached hydrogen (secondary N) is 1. The maximum absolute atomic E-state index is 10.7. The summed E-state index contributed by atoms with van der Waals surface area (Å²) in [5.41, 5.74) is 2.24. The van der Waals surface area contributed by atoms with E-state index in [1.54, 1.807) is 4.90 Å². The van der Waals surface area contributed by atoms with E-state index in [0.717, 1.165) is 0 Å². The number of rotatable bonds is 1. The zero-order chi connectivity index (χ0) is 6.85. The van der Waals surface area contributed by atoms with Gasteiger partial charge in [0.05, 0.1) is 0 Å². The molecule has 0 saturated carbocycles. The van der Waals surface area contributed by atoms with E-state index in [-0.39, 0.29) is 12.1 Å². The van der Waals surface area contributed by atoms with Crippen molar-refractivity contribution in [3.8, 4) is 0 Å². The highest BCUT2D eigenvalue weighted by atomic mass is 16.7. The highest BCUT2D eigenvalue weighted by Crippen LogP contribution is 2.02. The second kappa shape index (κ2) is 2.23. The van der Waals surface area contributed by atoms with Gasteiger partial charge in [0.25, 0.3) is 0 Å². The van der Waals surface area contributed by atoms with Gasteiger partial charge < -0.3 is 0 Å². The molecule has 4 heteroatoms. The Hall–Kier alpha value is -0.770. The Bertz CT molecular complexity index is 124. The highest BCUT2D eigenvalue weighted by molar-refractivity contribution is 5.74. The normalized spacial score (nSPS) is 19.0. The average Bonchev–Trinajstić information content (AvgIpc) is 2.13. The maximum atomic E-state index is 10.7. The smallest absolute Gasteiger partial charge is 0.295 e. The fourth-order valence-corrected chi connectivity index (χ4v) is 0.664. The number of amides is 2. The fraction of sp³-hybridized carbons (Fsp3) is 0.800. The summed E-state index contributed by atoms with van der Waals surface area (Å²) in [5, 5.41) is 0. The van der Waals surface area contributed by atoms with Crippen LogP contribution < -0.4 is 5.48 Å². The van der Waals surface area contributed by atoms with E-state index in [0.29, 0.717) is 6.73 Å². The first-order valence-electron chi connectivity index (χ1n) is 2.90. The van der Waals surface area contributed by atoms with E-state index in [1.165, 1.54) is 0 Å². The largest absolute Gasteiger partial charge is 0.343 e. The first-order chi connectivity index (χ1) is 4.22.